The number of rotatable bonds is 5. The third-order valence-electron chi connectivity index (χ3n) is 2.79. The molecule has 5 heteroatoms. The monoisotopic (exact) mass is 284 g/mol. The Morgan fingerprint density at radius 3 is 2.63 bits per heavy atom. The molecule has 0 radical (unpaired) electrons. The van der Waals surface area contributed by atoms with Gasteiger partial charge in [0, 0.05) is 4.88 Å². The third-order valence-corrected chi connectivity index (χ3v) is 3.82. The van der Waals surface area contributed by atoms with E-state index in [0.29, 0.717) is 6.54 Å². The van der Waals surface area contributed by atoms with Crippen molar-refractivity contribution in [3.63, 3.8) is 0 Å². The minimum atomic E-state index is -0.226. The molecule has 1 heterocycles. The van der Waals surface area contributed by atoms with E-state index in [1.807, 2.05) is 18.4 Å². The number of aryl methyl sites for hydroxylation is 1. The van der Waals surface area contributed by atoms with Crippen LogP contribution in [0.3, 0.4) is 0 Å². The summed E-state index contributed by atoms with van der Waals surface area (Å²) in [5, 5.41) is 16.9. The van der Waals surface area contributed by atoms with Crippen molar-refractivity contribution in [1.82, 2.24) is 10.6 Å². The number of aliphatic hydroxyl groups is 1. The minimum absolute atomic E-state index is 0.0390. The van der Waals surface area contributed by atoms with Gasteiger partial charge in [0.1, 0.15) is 0 Å². The number of aliphatic hydroxyl groups excluding tert-OH is 1. The highest BCUT2D eigenvalue weighted by Gasteiger charge is 2.19. The average molecular weight is 284 g/mol. The van der Waals surface area contributed by atoms with Gasteiger partial charge in [-0.1, -0.05) is 20.8 Å². The molecule has 19 heavy (non-hydrogen) atoms. The van der Waals surface area contributed by atoms with Crippen molar-refractivity contribution >= 4 is 17.4 Å². The van der Waals surface area contributed by atoms with E-state index >= 15 is 0 Å². The van der Waals surface area contributed by atoms with E-state index in [2.05, 4.69) is 31.4 Å². The number of hydrogen-bond donors (Lipinski definition) is 3. The average Bonchev–Trinajstić information content (AvgIpc) is 2.69. The SMILES string of the molecule is Cc1ccsc1CNC(=O)NC(CO)CC(C)(C)C. The maximum absolute atomic E-state index is 11.8. The molecule has 0 aliphatic carbocycles. The molecule has 2 amide bonds. The number of thiophene rings is 1. The van der Waals surface area contributed by atoms with Crippen LogP contribution < -0.4 is 10.6 Å². The van der Waals surface area contributed by atoms with Gasteiger partial charge >= 0.3 is 6.03 Å². The Labute approximate surface area is 119 Å². The molecule has 0 aliphatic heterocycles. The first-order chi connectivity index (χ1) is 8.81. The van der Waals surface area contributed by atoms with Crippen LogP contribution in [-0.2, 0) is 6.54 Å². The first-order valence-electron chi connectivity index (χ1n) is 6.50. The van der Waals surface area contributed by atoms with Gasteiger partial charge in [0.15, 0.2) is 0 Å². The van der Waals surface area contributed by atoms with Gasteiger partial charge in [-0.2, -0.15) is 0 Å². The molecule has 0 fully saturated rings. The van der Waals surface area contributed by atoms with Crippen molar-refractivity contribution in [2.75, 3.05) is 6.61 Å². The molecule has 1 aromatic rings. The standard InChI is InChI=1S/C14H24N2O2S/c1-10-5-6-19-12(10)8-15-13(18)16-11(9-17)7-14(2,3)4/h5-6,11,17H,7-9H2,1-4H3,(H2,15,16,18). The number of hydrogen-bond acceptors (Lipinski definition) is 3. The lowest BCUT2D eigenvalue weighted by atomic mass is 9.88. The van der Waals surface area contributed by atoms with E-state index in [9.17, 15) is 9.90 Å². The quantitative estimate of drug-likeness (QED) is 0.778. The second kappa shape index (κ2) is 6.91. The highest BCUT2D eigenvalue weighted by molar-refractivity contribution is 7.10. The molecule has 0 bridgehead atoms. The molecule has 1 unspecified atom stereocenters. The van der Waals surface area contributed by atoms with E-state index in [1.165, 1.54) is 5.56 Å². The highest BCUT2D eigenvalue weighted by Crippen LogP contribution is 2.20. The molecule has 0 aromatic carbocycles. The summed E-state index contributed by atoms with van der Waals surface area (Å²) in [7, 11) is 0. The number of carbonyl (C=O) groups is 1. The van der Waals surface area contributed by atoms with Crippen LogP contribution in [0.2, 0.25) is 0 Å². The Hall–Kier alpha value is -1.07. The number of carbonyl (C=O) groups excluding carboxylic acids is 1. The van der Waals surface area contributed by atoms with Crippen molar-refractivity contribution in [2.24, 2.45) is 5.41 Å². The first-order valence-corrected chi connectivity index (χ1v) is 7.38. The minimum Gasteiger partial charge on any atom is -0.394 e. The Morgan fingerprint density at radius 2 is 2.16 bits per heavy atom. The van der Waals surface area contributed by atoms with Crippen LogP contribution in [0.15, 0.2) is 11.4 Å². The van der Waals surface area contributed by atoms with Gasteiger partial charge in [0.25, 0.3) is 0 Å². The van der Waals surface area contributed by atoms with Gasteiger partial charge in [-0.25, -0.2) is 4.79 Å². The van der Waals surface area contributed by atoms with Crippen LogP contribution in [0.5, 0.6) is 0 Å². The summed E-state index contributed by atoms with van der Waals surface area (Å²) in [4.78, 5) is 12.9. The predicted octanol–water partition coefficient (Wildman–Crippen LogP) is 2.65. The van der Waals surface area contributed by atoms with Crippen LogP contribution in [0.1, 0.15) is 37.6 Å². The van der Waals surface area contributed by atoms with E-state index in [0.717, 1.165) is 11.3 Å². The zero-order chi connectivity index (χ0) is 14.5. The van der Waals surface area contributed by atoms with Crippen LogP contribution >= 0.6 is 11.3 Å². The van der Waals surface area contributed by atoms with Gasteiger partial charge in [-0.15, -0.1) is 11.3 Å². The maximum Gasteiger partial charge on any atom is 0.315 e. The lowest BCUT2D eigenvalue weighted by Crippen LogP contribution is -2.45. The molecule has 3 N–H and O–H groups in total. The summed E-state index contributed by atoms with van der Waals surface area (Å²) in [5.74, 6) is 0. The van der Waals surface area contributed by atoms with Crippen molar-refractivity contribution in [1.29, 1.82) is 0 Å². The summed E-state index contributed by atoms with van der Waals surface area (Å²) >= 11 is 1.63. The van der Waals surface area contributed by atoms with Gasteiger partial charge < -0.3 is 15.7 Å². The summed E-state index contributed by atoms with van der Waals surface area (Å²) in [6.45, 7) is 8.78. The fourth-order valence-electron chi connectivity index (χ4n) is 1.88. The largest absolute Gasteiger partial charge is 0.394 e. The zero-order valence-corrected chi connectivity index (χ0v) is 12.9. The molecule has 0 saturated heterocycles. The maximum atomic E-state index is 11.8. The van der Waals surface area contributed by atoms with E-state index in [4.69, 9.17) is 0 Å². The molecular weight excluding hydrogens is 260 g/mol. The number of nitrogens with one attached hydrogen (secondary N) is 2. The Morgan fingerprint density at radius 1 is 1.47 bits per heavy atom. The zero-order valence-electron chi connectivity index (χ0n) is 12.1. The lowest BCUT2D eigenvalue weighted by Gasteiger charge is -2.25. The first kappa shape index (κ1) is 16.0. The Bertz CT molecular complexity index is 410. The Kier molecular flexibility index (Phi) is 5.82. The van der Waals surface area contributed by atoms with Crippen LogP contribution in [0, 0.1) is 12.3 Å². The smallest absolute Gasteiger partial charge is 0.315 e. The van der Waals surface area contributed by atoms with E-state index < -0.39 is 0 Å². The second-order valence-electron chi connectivity index (χ2n) is 6.00. The van der Waals surface area contributed by atoms with Crippen molar-refractivity contribution in [2.45, 2.75) is 46.7 Å². The molecule has 1 rings (SSSR count). The molecule has 0 saturated carbocycles. The van der Waals surface area contributed by atoms with Crippen molar-refractivity contribution < 1.29 is 9.90 Å². The van der Waals surface area contributed by atoms with Gasteiger partial charge in [0.05, 0.1) is 19.2 Å². The number of amides is 2. The molecule has 1 aromatic heterocycles. The summed E-state index contributed by atoms with van der Waals surface area (Å²) < 4.78 is 0. The topological polar surface area (TPSA) is 61.4 Å². The predicted molar refractivity (Wildman–Crippen MR) is 79.4 cm³/mol. The van der Waals surface area contributed by atoms with Crippen LogP contribution in [-0.4, -0.2) is 23.8 Å². The summed E-state index contributed by atoms with van der Waals surface area (Å²) in [6, 6.07) is 1.61. The summed E-state index contributed by atoms with van der Waals surface area (Å²) in [5.41, 5.74) is 1.27. The van der Waals surface area contributed by atoms with Crippen molar-refractivity contribution in [3.8, 4) is 0 Å². The summed E-state index contributed by atoms with van der Waals surface area (Å²) in [6.07, 6.45) is 0.745. The fraction of sp³-hybridized carbons (Fsp3) is 0.643. The Balaban J connectivity index is 2.39. The highest BCUT2D eigenvalue weighted by atomic mass is 32.1. The molecule has 1 atom stereocenters. The van der Waals surface area contributed by atoms with E-state index in [-0.39, 0.29) is 24.1 Å². The van der Waals surface area contributed by atoms with Crippen LogP contribution in [0.4, 0.5) is 4.79 Å². The van der Waals surface area contributed by atoms with Gasteiger partial charge in [-0.3, -0.25) is 0 Å². The van der Waals surface area contributed by atoms with Gasteiger partial charge in [0.2, 0.25) is 0 Å². The molecule has 108 valence electrons. The third kappa shape index (κ3) is 6.07. The lowest BCUT2D eigenvalue weighted by molar-refractivity contribution is 0.191. The molecule has 0 aliphatic rings. The normalized spacial score (nSPS) is 13.1. The number of urea groups is 1. The van der Waals surface area contributed by atoms with Crippen LogP contribution in [0.25, 0.3) is 0 Å². The molecule has 4 nitrogen and oxygen atoms in total. The van der Waals surface area contributed by atoms with Gasteiger partial charge in [-0.05, 0) is 35.8 Å². The fourth-order valence-corrected chi connectivity index (χ4v) is 2.73. The molecule has 0 spiro atoms. The second-order valence-corrected chi connectivity index (χ2v) is 7.00. The molecular formula is C14H24N2O2S. The van der Waals surface area contributed by atoms with E-state index in [1.54, 1.807) is 11.3 Å². The van der Waals surface area contributed by atoms with Crippen molar-refractivity contribution in [3.05, 3.63) is 21.9 Å².